The average Bonchev–Trinajstić information content (AvgIpc) is 2.35. The smallest absolute Gasteiger partial charge is 0.354 e. The minimum Gasteiger partial charge on any atom is -0.460 e. The van der Waals surface area contributed by atoms with Gasteiger partial charge in [-0.3, -0.25) is 5.01 Å². The van der Waals surface area contributed by atoms with Crippen molar-refractivity contribution in [1.82, 2.24) is 5.01 Å². The van der Waals surface area contributed by atoms with Crippen LogP contribution in [0.3, 0.4) is 0 Å². The molecular formula is C8H14N2O2. The molecule has 1 heterocycles. The molecule has 1 atom stereocenters. The molecule has 0 aromatic rings. The van der Waals surface area contributed by atoms with Crippen molar-refractivity contribution in [3.63, 3.8) is 0 Å². The Kier molecular flexibility index (Phi) is 2.68. The summed E-state index contributed by atoms with van der Waals surface area (Å²) in [5.74, 6) is -0.144. The van der Waals surface area contributed by atoms with Crippen molar-refractivity contribution < 1.29 is 9.53 Å². The maximum atomic E-state index is 11.1. The van der Waals surface area contributed by atoms with E-state index in [2.05, 4.69) is 5.10 Å². The minimum atomic E-state index is -0.275. The maximum Gasteiger partial charge on any atom is 0.354 e. The van der Waals surface area contributed by atoms with Gasteiger partial charge < -0.3 is 4.74 Å². The molecular weight excluding hydrogens is 156 g/mol. The Hall–Kier alpha value is -1.06. The number of hydrazone groups is 1. The summed E-state index contributed by atoms with van der Waals surface area (Å²) in [4.78, 5) is 11.1. The third-order valence-corrected chi connectivity index (χ3v) is 1.88. The number of nitrogens with zero attached hydrogens (tertiary/aromatic N) is 2. The second-order valence-corrected chi connectivity index (χ2v) is 2.96. The van der Waals surface area contributed by atoms with Gasteiger partial charge in [-0.2, -0.15) is 5.10 Å². The molecule has 0 spiro atoms. The highest BCUT2D eigenvalue weighted by Gasteiger charge is 2.29. The zero-order chi connectivity index (χ0) is 9.14. The number of carbonyl (C=O) groups excluding carboxylic acids is 1. The molecule has 0 aliphatic carbocycles. The molecule has 0 N–H and O–H groups in total. The van der Waals surface area contributed by atoms with Crippen LogP contribution in [0.5, 0.6) is 0 Å². The number of carbonyl (C=O) groups is 1. The minimum absolute atomic E-state index is 0.131. The van der Waals surface area contributed by atoms with Gasteiger partial charge in [0.25, 0.3) is 0 Å². The second-order valence-electron chi connectivity index (χ2n) is 2.96. The number of hydrogen-bond donors (Lipinski definition) is 0. The summed E-state index contributed by atoms with van der Waals surface area (Å²) < 4.78 is 4.83. The molecule has 1 aliphatic rings. The normalized spacial score (nSPS) is 26.1. The van der Waals surface area contributed by atoms with Crippen molar-refractivity contribution in [2.24, 2.45) is 11.0 Å². The van der Waals surface area contributed by atoms with Gasteiger partial charge in [0.1, 0.15) is 6.61 Å². The summed E-state index contributed by atoms with van der Waals surface area (Å²) in [6.07, 6.45) is 0. The Bertz CT molecular complexity index is 213. The lowest BCUT2D eigenvalue weighted by molar-refractivity contribution is -0.133. The van der Waals surface area contributed by atoms with Crippen LogP contribution in [0.25, 0.3) is 0 Å². The van der Waals surface area contributed by atoms with E-state index in [1.54, 1.807) is 5.01 Å². The predicted octanol–water partition coefficient (Wildman–Crippen LogP) is 0.487. The summed E-state index contributed by atoms with van der Waals surface area (Å²) in [6.45, 7) is 5.18. The van der Waals surface area contributed by atoms with Crippen LogP contribution in [0.4, 0.5) is 0 Å². The second kappa shape index (κ2) is 3.56. The lowest BCUT2D eigenvalue weighted by Gasteiger charge is -2.10. The fourth-order valence-corrected chi connectivity index (χ4v) is 0.949. The molecule has 4 heteroatoms. The number of esters is 1. The van der Waals surface area contributed by atoms with Gasteiger partial charge in [0.05, 0.1) is 0 Å². The van der Waals surface area contributed by atoms with E-state index in [0.717, 1.165) is 6.54 Å². The first-order valence-electron chi connectivity index (χ1n) is 4.12. The van der Waals surface area contributed by atoms with Gasteiger partial charge in [-0.25, -0.2) is 4.79 Å². The van der Waals surface area contributed by atoms with E-state index >= 15 is 0 Å². The summed E-state index contributed by atoms with van der Waals surface area (Å²) in [5.41, 5.74) is 0.541. The van der Waals surface area contributed by atoms with Gasteiger partial charge >= 0.3 is 5.97 Å². The monoisotopic (exact) mass is 170 g/mol. The van der Waals surface area contributed by atoms with E-state index in [-0.39, 0.29) is 11.9 Å². The molecule has 4 nitrogen and oxygen atoms in total. The van der Waals surface area contributed by atoms with Crippen molar-refractivity contribution in [1.29, 1.82) is 0 Å². The van der Waals surface area contributed by atoms with Crippen LogP contribution in [-0.4, -0.2) is 36.9 Å². The van der Waals surface area contributed by atoms with Gasteiger partial charge in [-0.1, -0.05) is 6.92 Å². The largest absolute Gasteiger partial charge is 0.460 e. The highest BCUT2D eigenvalue weighted by Crippen LogP contribution is 2.11. The summed E-state index contributed by atoms with van der Waals surface area (Å²) in [5, 5.41) is 5.87. The maximum absolute atomic E-state index is 11.1. The van der Waals surface area contributed by atoms with E-state index in [1.807, 2.05) is 20.9 Å². The van der Waals surface area contributed by atoms with Crippen LogP contribution in [0, 0.1) is 5.92 Å². The molecule has 0 saturated carbocycles. The third kappa shape index (κ3) is 1.75. The van der Waals surface area contributed by atoms with Gasteiger partial charge in [0.2, 0.25) is 0 Å². The van der Waals surface area contributed by atoms with Crippen LogP contribution >= 0.6 is 0 Å². The van der Waals surface area contributed by atoms with Crippen molar-refractivity contribution in [3.8, 4) is 0 Å². The number of ether oxygens (including phenoxy) is 1. The van der Waals surface area contributed by atoms with Gasteiger partial charge in [0.15, 0.2) is 5.71 Å². The molecule has 1 fully saturated rings. The Morgan fingerprint density at radius 2 is 2.42 bits per heavy atom. The van der Waals surface area contributed by atoms with E-state index in [9.17, 15) is 4.79 Å². The SMILES string of the molecule is CCN(C)/N=C1\C(=O)OCC1C. The summed E-state index contributed by atoms with van der Waals surface area (Å²) >= 11 is 0. The van der Waals surface area contributed by atoms with Crippen molar-refractivity contribution in [2.45, 2.75) is 13.8 Å². The zero-order valence-electron chi connectivity index (χ0n) is 7.70. The summed E-state index contributed by atoms with van der Waals surface area (Å²) in [6, 6.07) is 0. The van der Waals surface area contributed by atoms with Crippen LogP contribution in [0.15, 0.2) is 5.10 Å². The van der Waals surface area contributed by atoms with E-state index in [0.29, 0.717) is 12.3 Å². The quantitative estimate of drug-likeness (QED) is 0.447. The number of rotatable bonds is 2. The fourth-order valence-electron chi connectivity index (χ4n) is 0.949. The molecule has 12 heavy (non-hydrogen) atoms. The van der Waals surface area contributed by atoms with Crippen molar-refractivity contribution >= 4 is 11.7 Å². The van der Waals surface area contributed by atoms with E-state index < -0.39 is 0 Å². The zero-order valence-corrected chi connectivity index (χ0v) is 7.70. The van der Waals surface area contributed by atoms with Crippen LogP contribution in [0.1, 0.15) is 13.8 Å². The summed E-state index contributed by atoms with van der Waals surface area (Å²) in [7, 11) is 1.84. The standard InChI is InChI=1S/C8H14N2O2/c1-4-10(3)9-7-6(2)5-12-8(7)11/h6H,4-5H2,1-3H3/b9-7-. The molecule has 1 aliphatic heterocycles. The number of cyclic esters (lactones) is 1. The first-order valence-corrected chi connectivity index (χ1v) is 4.12. The van der Waals surface area contributed by atoms with Gasteiger partial charge in [-0.05, 0) is 6.92 Å². The predicted molar refractivity (Wildman–Crippen MR) is 45.9 cm³/mol. The molecule has 0 bridgehead atoms. The van der Waals surface area contributed by atoms with Crippen molar-refractivity contribution in [3.05, 3.63) is 0 Å². The molecule has 1 saturated heterocycles. The highest BCUT2D eigenvalue weighted by atomic mass is 16.5. The first-order chi connectivity index (χ1) is 5.65. The molecule has 0 aromatic carbocycles. The highest BCUT2D eigenvalue weighted by molar-refractivity contribution is 6.38. The third-order valence-electron chi connectivity index (χ3n) is 1.88. The molecule has 0 aromatic heterocycles. The Labute approximate surface area is 72.2 Å². The van der Waals surface area contributed by atoms with E-state index in [4.69, 9.17) is 4.74 Å². The molecule has 0 radical (unpaired) electrons. The molecule has 1 unspecified atom stereocenters. The van der Waals surface area contributed by atoms with E-state index in [1.165, 1.54) is 0 Å². The molecule has 68 valence electrons. The van der Waals surface area contributed by atoms with Gasteiger partial charge in [-0.15, -0.1) is 0 Å². The number of hydrogen-bond acceptors (Lipinski definition) is 4. The van der Waals surface area contributed by atoms with Crippen LogP contribution in [0.2, 0.25) is 0 Å². The fraction of sp³-hybridized carbons (Fsp3) is 0.750. The van der Waals surface area contributed by atoms with Crippen LogP contribution < -0.4 is 0 Å². The van der Waals surface area contributed by atoms with Gasteiger partial charge in [0, 0.05) is 19.5 Å². The first kappa shape index (κ1) is 9.03. The molecule has 0 amide bonds. The lowest BCUT2D eigenvalue weighted by Crippen LogP contribution is -2.20. The average molecular weight is 170 g/mol. The topological polar surface area (TPSA) is 41.9 Å². The Morgan fingerprint density at radius 1 is 1.75 bits per heavy atom. The Balaban J connectivity index is 2.71. The van der Waals surface area contributed by atoms with Crippen molar-refractivity contribution in [2.75, 3.05) is 20.2 Å². The molecule has 1 rings (SSSR count). The van der Waals surface area contributed by atoms with Crippen LogP contribution in [-0.2, 0) is 9.53 Å². The Morgan fingerprint density at radius 3 is 2.83 bits per heavy atom. The lowest BCUT2D eigenvalue weighted by atomic mass is 10.1.